The average Bonchev–Trinajstić information content (AvgIpc) is 2.63. The van der Waals surface area contributed by atoms with Crippen LogP contribution in [0, 0.1) is 17.8 Å². The normalized spacial score (nSPS) is 25.1. The van der Waals surface area contributed by atoms with Crippen LogP contribution >= 0.6 is 12.4 Å². The molecule has 2 bridgehead atoms. The third-order valence-electron chi connectivity index (χ3n) is 5.64. The largest absolute Gasteiger partial charge is 0.356 e. The van der Waals surface area contributed by atoms with Gasteiger partial charge in [-0.2, -0.15) is 0 Å². The molecule has 1 aromatic rings. The number of carbonyl (C=O) groups is 1. The van der Waals surface area contributed by atoms with E-state index in [-0.39, 0.29) is 18.3 Å². The van der Waals surface area contributed by atoms with Crippen molar-refractivity contribution in [2.75, 3.05) is 26.2 Å². The van der Waals surface area contributed by atoms with Crippen molar-refractivity contribution in [2.45, 2.75) is 52.1 Å². The van der Waals surface area contributed by atoms with Crippen molar-refractivity contribution in [3.8, 4) is 0 Å². The van der Waals surface area contributed by atoms with Crippen molar-refractivity contribution in [1.29, 1.82) is 0 Å². The molecule has 152 valence electrons. The third kappa shape index (κ3) is 7.05. The first-order valence-electron chi connectivity index (χ1n) is 10.2. The van der Waals surface area contributed by atoms with E-state index in [1.807, 2.05) is 18.5 Å². The molecule has 2 fully saturated rings. The lowest BCUT2D eigenvalue weighted by molar-refractivity contribution is -0.121. The van der Waals surface area contributed by atoms with Gasteiger partial charge in [0.2, 0.25) is 5.91 Å². The first-order chi connectivity index (χ1) is 12.6. The summed E-state index contributed by atoms with van der Waals surface area (Å²) < 4.78 is 0. The SMILES string of the molecule is CC(C)CNC(=O)CCC[C@H]1NCC2CC1CN(Cc1cccnc1)C2.Cl. The number of amides is 1. The van der Waals surface area contributed by atoms with Crippen LogP contribution < -0.4 is 10.6 Å². The van der Waals surface area contributed by atoms with Gasteiger partial charge in [-0.25, -0.2) is 0 Å². The second kappa shape index (κ2) is 11.0. The first kappa shape index (κ1) is 22.1. The van der Waals surface area contributed by atoms with Crippen LogP contribution in [0.15, 0.2) is 24.5 Å². The number of piperidine rings is 2. The molecule has 1 amide bonds. The lowest BCUT2D eigenvalue weighted by Crippen LogP contribution is -2.55. The monoisotopic (exact) mass is 394 g/mol. The van der Waals surface area contributed by atoms with Gasteiger partial charge in [0.15, 0.2) is 0 Å². The maximum absolute atomic E-state index is 11.9. The van der Waals surface area contributed by atoms with Gasteiger partial charge in [-0.15, -0.1) is 12.4 Å². The molecule has 2 aliphatic rings. The second-order valence-electron chi connectivity index (χ2n) is 8.52. The van der Waals surface area contributed by atoms with Crippen molar-refractivity contribution < 1.29 is 4.79 Å². The van der Waals surface area contributed by atoms with Gasteiger partial charge < -0.3 is 10.6 Å². The number of nitrogens with zero attached hydrogens (tertiary/aromatic N) is 2. The number of nitrogens with one attached hydrogen (secondary N) is 2. The number of likely N-dealkylation sites (tertiary alicyclic amines) is 1. The summed E-state index contributed by atoms with van der Waals surface area (Å²) >= 11 is 0. The van der Waals surface area contributed by atoms with Crippen LogP contribution in [0.1, 0.15) is 45.1 Å². The molecule has 0 spiro atoms. The zero-order chi connectivity index (χ0) is 18.4. The Morgan fingerprint density at radius 2 is 2.26 bits per heavy atom. The number of halogens is 1. The van der Waals surface area contributed by atoms with Gasteiger partial charge in [-0.05, 0) is 55.2 Å². The molecule has 0 radical (unpaired) electrons. The van der Waals surface area contributed by atoms with Crippen LogP contribution in [0.25, 0.3) is 0 Å². The highest BCUT2D eigenvalue weighted by molar-refractivity contribution is 5.85. The topological polar surface area (TPSA) is 57.3 Å². The number of rotatable bonds is 8. The summed E-state index contributed by atoms with van der Waals surface area (Å²) in [7, 11) is 0. The fraction of sp³-hybridized carbons (Fsp3) is 0.714. The molecule has 3 atom stereocenters. The molecule has 3 heterocycles. The van der Waals surface area contributed by atoms with Crippen LogP contribution in [0.4, 0.5) is 0 Å². The molecular weight excluding hydrogens is 360 g/mol. The van der Waals surface area contributed by atoms with E-state index in [9.17, 15) is 4.79 Å². The highest BCUT2D eigenvalue weighted by Gasteiger charge is 2.36. The van der Waals surface area contributed by atoms with E-state index in [0.717, 1.165) is 44.9 Å². The minimum Gasteiger partial charge on any atom is -0.356 e. The first-order valence-corrected chi connectivity index (χ1v) is 10.2. The highest BCUT2D eigenvalue weighted by atomic mass is 35.5. The minimum atomic E-state index is 0. The molecule has 0 saturated carbocycles. The van der Waals surface area contributed by atoms with E-state index < -0.39 is 0 Å². The summed E-state index contributed by atoms with van der Waals surface area (Å²) in [5.41, 5.74) is 1.30. The summed E-state index contributed by atoms with van der Waals surface area (Å²) in [6.07, 6.45) is 7.89. The van der Waals surface area contributed by atoms with E-state index in [4.69, 9.17) is 0 Å². The fourth-order valence-corrected chi connectivity index (χ4v) is 4.38. The maximum atomic E-state index is 11.9. The van der Waals surface area contributed by atoms with Crippen molar-refractivity contribution in [3.63, 3.8) is 0 Å². The van der Waals surface area contributed by atoms with Crippen LogP contribution in [0.2, 0.25) is 0 Å². The maximum Gasteiger partial charge on any atom is 0.220 e. The standard InChI is InChI=1S/C21H34N4O.ClH/c1-16(2)10-24-21(26)7-3-6-20-19-9-18(12-23-20)14-25(15-19)13-17-5-4-8-22-11-17;/h4-5,8,11,16,18-20,23H,3,6-7,9-10,12-15H2,1-2H3,(H,24,26);1H/t18?,19?,20-;/m1./s1. The number of pyridine rings is 1. The molecule has 0 aromatic carbocycles. The van der Waals surface area contributed by atoms with E-state index in [1.54, 1.807) is 0 Å². The van der Waals surface area contributed by atoms with E-state index >= 15 is 0 Å². The summed E-state index contributed by atoms with van der Waals surface area (Å²) in [6, 6.07) is 4.75. The Morgan fingerprint density at radius 3 is 3.00 bits per heavy atom. The Balaban J connectivity index is 0.00000261. The van der Waals surface area contributed by atoms with Crippen LogP contribution in [0.5, 0.6) is 0 Å². The Kier molecular flexibility index (Phi) is 9.00. The lowest BCUT2D eigenvalue weighted by Gasteiger charge is -2.46. The molecular formula is C21H35ClN4O. The quantitative estimate of drug-likeness (QED) is 0.711. The van der Waals surface area contributed by atoms with Gasteiger partial charge in [-0.3, -0.25) is 14.7 Å². The predicted molar refractivity (Wildman–Crippen MR) is 112 cm³/mol. The van der Waals surface area contributed by atoms with E-state index in [0.29, 0.717) is 24.3 Å². The number of aromatic nitrogens is 1. The Bertz CT molecular complexity index is 569. The molecule has 27 heavy (non-hydrogen) atoms. The predicted octanol–water partition coefficient (Wildman–Crippen LogP) is 2.86. The number of fused-ring (bicyclic) bond motifs is 2. The summed E-state index contributed by atoms with van der Waals surface area (Å²) in [5, 5.41) is 6.78. The third-order valence-corrected chi connectivity index (χ3v) is 5.64. The number of carbonyl (C=O) groups excluding carboxylic acids is 1. The van der Waals surface area contributed by atoms with Gasteiger partial charge in [0.25, 0.3) is 0 Å². The fourth-order valence-electron chi connectivity index (χ4n) is 4.38. The molecule has 2 unspecified atom stereocenters. The molecule has 6 heteroatoms. The van der Waals surface area contributed by atoms with Crippen molar-refractivity contribution in [1.82, 2.24) is 20.5 Å². The van der Waals surface area contributed by atoms with Crippen molar-refractivity contribution in [3.05, 3.63) is 30.1 Å². The highest BCUT2D eigenvalue weighted by Crippen LogP contribution is 2.31. The average molecular weight is 395 g/mol. The minimum absolute atomic E-state index is 0. The summed E-state index contributed by atoms with van der Waals surface area (Å²) in [6.45, 7) is 9.50. The van der Waals surface area contributed by atoms with Gasteiger partial charge in [0, 0.05) is 51.0 Å². The Hall–Kier alpha value is -1.17. The lowest BCUT2D eigenvalue weighted by atomic mass is 9.79. The molecule has 2 aliphatic heterocycles. The molecule has 2 N–H and O–H groups in total. The van der Waals surface area contributed by atoms with E-state index in [2.05, 4.69) is 40.4 Å². The molecule has 0 aliphatic carbocycles. The Labute approximate surface area is 170 Å². The van der Waals surface area contributed by atoms with Crippen LogP contribution in [0.3, 0.4) is 0 Å². The smallest absolute Gasteiger partial charge is 0.220 e. The Morgan fingerprint density at radius 1 is 1.41 bits per heavy atom. The zero-order valence-corrected chi connectivity index (χ0v) is 17.5. The summed E-state index contributed by atoms with van der Waals surface area (Å²) in [4.78, 5) is 18.8. The molecule has 2 saturated heterocycles. The van der Waals surface area contributed by atoms with Crippen molar-refractivity contribution in [2.24, 2.45) is 17.8 Å². The van der Waals surface area contributed by atoms with E-state index in [1.165, 1.54) is 18.5 Å². The summed E-state index contributed by atoms with van der Waals surface area (Å²) in [5.74, 6) is 2.19. The molecule has 3 rings (SSSR count). The van der Waals surface area contributed by atoms with Crippen molar-refractivity contribution >= 4 is 18.3 Å². The second-order valence-corrected chi connectivity index (χ2v) is 8.52. The zero-order valence-electron chi connectivity index (χ0n) is 16.7. The van der Waals surface area contributed by atoms with Crippen LogP contribution in [-0.2, 0) is 11.3 Å². The van der Waals surface area contributed by atoms with Gasteiger partial charge in [-0.1, -0.05) is 19.9 Å². The van der Waals surface area contributed by atoms with Gasteiger partial charge >= 0.3 is 0 Å². The van der Waals surface area contributed by atoms with Crippen LogP contribution in [-0.4, -0.2) is 48.0 Å². The number of hydrogen-bond donors (Lipinski definition) is 2. The van der Waals surface area contributed by atoms with Gasteiger partial charge in [0.05, 0.1) is 0 Å². The molecule has 5 nitrogen and oxygen atoms in total. The number of hydrogen-bond acceptors (Lipinski definition) is 4. The molecule has 1 aromatic heterocycles. The van der Waals surface area contributed by atoms with Gasteiger partial charge in [0.1, 0.15) is 0 Å².